The van der Waals surface area contributed by atoms with Gasteiger partial charge in [-0.2, -0.15) is 4.72 Å². The van der Waals surface area contributed by atoms with Gasteiger partial charge in [0.15, 0.2) is 5.84 Å². The molecule has 0 saturated heterocycles. The number of nitrogens with one attached hydrogen (secondary N) is 1. The van der Waals surface area contributed by atoms with Crippen molar-refractivity contribution in [2.75, 3.05) is 0 Å². The van der Waals surface area contributed by atoms with Gasteiger partial charge in [-0.1, -0.05) is 17.3 Å². The normalized spacial score (nSPS) is 13.6. The van der Waals surface area contributed by atoms with E-state index in [-0.39, 0.29) is 10.7 Å². The summed E-state index contributed by atoms with van der Waals surface area (Å²) in [7, 11) is -3.75. The fourth-order valence-corrected chi connectivity index (χ4v) is 3.28. The summed E-state index contributed by atoms with van der Waals surface area (Å²) in [6, 6.07) is 5.16. The first-order chi connectivity index (χ1) is 8.60. The van der Waals surface area contributed by atoms with Gasteiger partial charge in [-0.3, -0.25) is 0 Å². The smallest absolute Gasteiger partial charge is 0.241 e. The van der Waals surface area contributed by atoms with Crippen molar-refractivity contribution in [1.82, 2.24) is 4.72 Å². The fourth-order valence-electron chi connectivity index (χ4n) is 1.56. The van der Waals surface area contributed by atoms with Crippen LogP contribution in [-0.4, -0.2) is 25.0 Å². The molecule has 0 aromatic heterocycles. The number of aryl methyl sites for hydroxylation is 2. The number of sulfonamides is 1. The molecule has 0 unspecified atom stereocenters. The van der Waals surface area contributed by atoms with E-state index < -0.39 is 15.6 Å². The van der Waals surface area contributed by atoms with E-state index in [0.29, 0.717) is 5.56 Å². The predicted molar refractivity (Wildman–Crippen MR) is 73.7 cm³/mol. The van der Waals surface area contributed by atoms with Crippen molar-refractivity contribution in [3.63, 3.8) is 0 Å². The number of nitrogens with two attached hydrogens (primary N) is 1. The van der Waals surface area contributed by atoms with Gasteiger partial charge in [-0.25, -0.2) is 8.42 Å². The summed E-state index contributed by atoms with van der Waals surface area (Å²) in [4.78, 5) is 0.186. The highest BCUT2D eigenvalue weighted by Gasteiger charge is 2.31. The van der Waals surface area contributed by atoms with Crippen LogP contribution < -0.4 is 10.5 Å². The predicted octanol–water partition coefficient (Wildman–Crippen LogP) is 1.11. The van der Waals surface area contributed by atoms with Gasteiger partial charge in [-0.15, -0.1) is 0 Å². The van der Waals surface area contributed by atoms with Gasteiger partial charge in [0.05, 0.1) is 10.4 Å². The number of hydrogen-bond donors (Lipinski definition) is 3. The number of benzene rings is 1. The molecule has 0 aliphatic heterocycles. The second-order valence-corrected chi connectivity index (χ2v) is 6.64. The van der Waals surface area contributed by atoms with Gasteiger partial charge in [0.2, 0.25) is 10.0 Å². The van der Waals surface area contributed by atoms with Crippen molar-refractivity contribution in [3.8, 4) is 0 Å². The van der Waals surface area contributed by atoms with Gasteiger partial charge in [0.25, 0.3) is 0 Å². The zero-order valence-electron chi connectivity index (χ0n) is 11.4. The molecule has 0 atom stereocenters. The van der Waals surface area contributed by atoms with Crippen molar-refractivity contribution >= 4 is 15.9 Å². The number of oxime groups is 1. The summed E-state index contributed by atoms with van der Waals surface area (Å²) in [6.07, 6.45) is 0. The van der Waals surface area contributed by atoms with Crippen molar-refractivity contribution in [2.24, 2.45) is 10.9 Å². The van der Waals surface area contributed by atoms with Crippen LogP contribution in [0.1, 0.15) is 25.0 Å². The summed E-state index contributed by atoms with van der Waals surface area (Å²) in [5.74, 6) is -0.207. The van der Waals surface area contributed by atoms with Crippen LogP contribution in [0, 0.1) is 13.8 Å². The molecule has 0 spiro atoms. The molecule has 0 amide bonds. The molecule has 0 radical (unpaired) electrons. The van der Waals surface area contributed by atoms with E-state index in [2.05, 4.69) is 9.88 Å². The molecule has 1 rings (SSSR count). The maximum atomic E-state index is 12.3. The maximum absolute atomic E-state index is 12.3. The average molecular weight is 285 g/mol. The molecule has 0 heterocycles. The van der Waals surface area contributed by atoms with E-state index in [4.69, 9.17) is 10.9 Å². The summed E-state index contributed by atoms with van der Waals surface area (Å²) >= 11 is 0. The second-order valence-electron chi connectivity index (χ2n) is 4.98. The van der Waals surface area contributed by atoms with Crippen LogP contribution in [-0.2, 0) is 10.0 Å². The highest BCUT2D eigenvalue weighted by Crippen LogP contribution is 2.19. The molecule has 106 valence electrons. The van der Waals surface area contributed by atoms with Crippen LogP contribution in [0.3, 0.4) is 0 Å². The third kappa shape index (κ3) is 3.45. The van der Waals surface area contributed by atoms with Gasteiger partial charge < -0.3 is 10.9 Å². The zero-order valence-corrected chi connectivity index (χ0v) is 12.2. The van der Waals surface area contributed by atoms with Gasteiger partial charge >= 0.3 is 0 Å². The van der Waals surface area contributed by atoms with Crippen LogP contribution in [0.2, 0.25) is 0 Å². The molecular formula is C12H19N3O3S. The molecule has 0 aliphatic carbocycles. The minimum absolute atomic E-state index is 0.186. The molecule has 4 N–H and O–H groups in total. The molecule has 0 bridgehead atoms. The summed E-state index contributed by atoms with van der Waals surface area (Å²) < 4.78 is 27.1. The van der Waals surface area contributed by atoms with E-state index >= 15 is 0 Å². The number of hydrogen-bond acceptors (Lipinski definition) is 4. The number of amidine groups is 1. The molecule has 0 fully saturated rings. The van der Waals surface area contributed by atoms with E-state index in [1.165, 1.54) is 13.8 Å². The molecule has 19 heavy (non-hydrogen) atoms. The van der Waals surface area contributed by atoms with E-state index in [9.17, 15) is 8.42 Å². The Labute approximate surface area is 113 Å². The average Bonchev–Trinajstić information content (AvgIpc) is 2.29. The first-order valence-electron chi connectivity index (χ1n) is 5.69. The van der Waals surface area contributed by atoms with Crippen LogP contribution in [0.5, 0.6) is 0 Å². The molecule has 1 aromatic rings. The van der Waals surface area contributed by atoms with Gasteiger partial charge in [-0.05, 0) is 44.9 Å². The van der Waals surface area contributed by atoms with E-state index in [1.807, 2.05) is 13.0 Å². The Morgan fingerprint density at radius 3 is 2.47 bits per heavy atom. The van der Waals surface area contributed by atoms with Crippen LogP contribution in [0.25, 0.3) is 0 Å². The van der Waals surface area contributed by atoms with Crippen molar-refractivity contribution < 1.29 is 13.6 Å². The third-order valence-corrected chi connectivity index (χ3v) is 4.57. The van der Waals surface area contributed by atoms with Crippen molar-refractivity contribution in [1.29, 1.82) is 0 Å². The fraction of sp³-hybridized carbons (Fsp3) is 0.417. The Morgan fingerprint density at radius 1 is 1.37 bits per heavy atom. The SMILES string of the molecule is Cc1ccc(C)c(S(=O)(=O)NC(C)(C)/C(N)=N/O)c1. The molecular weight excluding hydrogens is 266 g/mol. The lowest BCUT2D eigenvalue weighted by molar-refractivity contribution is 0.312. The minimum atomic E-state index is -3.75. The Kier molecular flexibility index (Phi) is 4.21. The monoisotopic (exact) mass is 285 g/mol. The second kappa shape index (κ2) is 5.18. The number of nitrogens with zero attached hydrogens (tertiary/aromatic N) is 1. The van der Waals surface area contributed by atoms with Crippen molar-refractivity contribution in [3.05, 3.63) is 29.3 Å². The third-order valence-electron chi connectivity index (χ3n) is 2.77. The minimum Gasteiger partial charge on any atom is -0.409 e. The molecule has 6 nitrogen and oxygen atoms in total. The zero-order chi connectivity index (χ0) is 14.8. The lowest BCUT2D eigenvalue weighted by Gasteiger charge is -2.24. The largest absolute Gasteiger partial charge is 0.409 e. The Morgan fingerprint density at radius 2 is 1.95 bits per heavy atom. The Bertz CT molecular complexity index is 607. The molecule has 7 heteroatoms. The maximum Gasteiger partial charge on any atom is 0.241 e. The molecule has 0 aliphatic rings. The van der Waals surface area contributed by atoms with Gasteiger partial charge in [0.1, 0.15) is 0 Å². The molecule has 1 aromatic carbocycles. The molecule has 0 saturated carbocycles. The first kappa shape index (κ1) is 15.5. The number of rotatable bonds is 4. The highest BCUT2D eigenvalue weighted by molar-refractivity contribution is 7.89. The first-order valence-corrected chi connectivity index (χ1v) is 7.18. The topological polar surface area (TPSA) is 105 Å². The lowest BCUT2D eigenvalue weighted by Crippen LogP contribution is -2.53. The Balaban J connectivity index is 3.23. The van der Waals surface area contributed by atoms with Crippen LogP contribution >= 0.6 is 0 Å². The summed E-state index contributed by atoms with van der Waals surface area (Å²) in [5, 5.41) is 11.5. The van der Waals surface area contributed by atoms with Crippen LogP contribution in [0.15, 0.2) is 28.3 Å². The van der Waals surface area contributed by atoms with E-state index in [0.717, 1.165) is 5.56 Å². The van der Waals surface area contributed by atoms with Crippen LogP contribution in [0.4, 0.5) is 0 Å². The standard InChI is InChI=1S/C12H19N3O3S/c1-8-5-6-9(2)10(7-8)19(17,18)15-12(3,4)11(13)14-16/h5-7,15-16H,1-4H3,(H2,13,14). The van der Waals surface area contributed by atoms with E-state index in [1.54, 1.807) is 19.1 Å². The summed E-state index contributed by atoms with van der Waals surface area (Å²) in [6.45, 7) is 6.56. The highest BCUT2D eigenvalue weighted by atomic mass is 32.2. The Hall–Kier alpha value is -1.60. The lowest BCUT2D eigenvalue weighted by atomic mass is 10.1. The van der Waals surface area contributed by atoms with Crippen molar-refractivity contribution in [2.45, 2.75) is 38.1 Å². The van der Waals surface area contributed by atoms with Gasteiger partial charge in [0, 0.05) is 0 Å². The summed E-state index contributed by atoms with van der Waals surface area (Å²) in [5.41, 5.74) is 5.77. The quantitative estimate of drug-likeness (QED) is 0.333.